The summed E-state index contributed by atoms with van der Waals surface area (Å²) >= 11 is 3.49. The molecule has 0 radical (unpaired) electrons. The van der Waals surface area contributed by atoms with Gasteiger partial charge in [-0.15, -0.1) is 0 Å². The molecule has 1 aromatic carbocycles. The highest BCUT2D eigenvalue weighted by atomic mass is 79.9. The van der Waals surface area contributed by atoms with Crippen molar-refractivity contribution in [3.8, 4) is 5.75 Å². The molecular formula is C12H17BrO. The van der Waals surface area contributed by atoms with Crippen molar-refractivity contribution in [3.05, 3.63) is 29.8 Å². The quantitative estimate of drug-likeness (QED) is 0.746. The summed E-state index contributed by atoms with van der Waals surface area (Å²) in [6, 6.07) is 8.32. The second-order valence-corrected chi connectivity index (χ2v) is 4.84. The van der Waals surface area contributed by atoms with Gasteiger partial charge in [-0.1, -0.05) is 41.9 Å². The molecule has 0 aromatic heterocycles. The molecule has 2 heteroatoms. The summed E-state index contributed by atoms with van der Waals surface area (Å²) in [5.74, 6) is 0.920. The molecule has 14 heavy (non-hydrogen) atoms. The van der Waals surface area contributed by atoms with Crippen molar-refractivity contribution >= 4 is 15.9 Å². The summed E-state index contributed by atoms with van der Waals surface area (Å²) in [6.45, 7) is 4.52. The number of hydrogen-bond donors (Lipinski definition) is 0. The van der Waals surface area contributed by atoms with Crippen LogP contribution in [0.15, 0.2) is 24.3 Å². The Hall–Kier alpha value is -0.500. The molecule has 0 bridgehead atoms. The molecule has 0 aliphatic carbocycles. The Labute approximate surface area is 94.6 Å². The fraction of sp³-hybridized carbons (Fsp3) is 0.500. The lowest BCUT2D eigenvalue weighted by molar-refractivity contribution is 0.414. The van der Waals surface area contributed by atoms with Gasteiger partial charge in [0.1, 0.15) is 5.75 Å². The van der Waals surface area contributed by atoms with E-state index < -0.39 is 0 Å². The first-order chi connectivity index (χ1) is 6.60. The number of ether oxygens (including phenoxy) is 1. The lowest BCUT2D eigenvalue weighted by Crippen LogP contribution is -2.17. The number of hydrogen-bond acceptors (Lipinski definition) is 1. The molecule has 0 heterocycles. The minimum Gasteiger partial charge on any atom is -0.497 e. The summed E-state index contributed by atoms with van der Waals surface area (Å²) in [4.78, 5) is 0. The molecule has 0 spiro atoms. The fourth-order valence-electron chi connectivity index (χ4n) is 1.42. The van der Waals surface area contributed by atoms with Crippen LogP contribution in [-0.2, 0) is 5.41 Å². The molecule has 1 rings (SSSR count). The predicted molar refractivity (Wildman–Crippen MR) is 64.4 cm³/mol. The second kappa shape index (κ2) is 4.83. The van der Waals surface area contributed by atoms with E-state index in [4.69, 9.17) is 4.74 Å². The van der Waals surface area contributed by atoms with Gasteiger partial charge >= 0.3 is 0 Å². The van der Waals surface area contributed by atoms with Crippen molar-refractivity contribution in [2.75, 3.05) is 12.4 Å². The van der Waals surface area contributed by atoms with Crippen LogP contribution in [0.1, 0.15) is 25.8 Å². The van der Waals surface area contributed by atoms with E-state index in [9.17, 15) is 0 Å². The molecule has 78 valence electrons. The van der Waals surface area contributed by atoms with Crippen LogP contribution in [0.25, 0.3) is 0 Å². The molecule has 0 fully saturated rings. The zero-order valence-corrected chi connectivity index (χ0v) is 10.6. The zero-order chi connectivity index (χ0) is 10.6. The largest absolute Gasteiger partial charge is 0.497 e. The molecule has 0 unspecified atom stereocenters. The third-order valence-corrected chi connectivity index (χ3v) is 2.99. The van der Waals surface area contributed by atoms with Crippen LogP contribution in [0.4, 0.5) is 0 Å². The van der Waals surface area contributed by atoms with Crippen molar-refractivity contribution < 1.29 is 4.74 Å². The Balaban J connectivity index is 2.85. The maximum absolute atomic E-state index is 5.13. The van der Waals surface area contributed by atoms with Crippen LogP contribution in [0.3, 0.4) is 0 Å². The summed E-state index contributed by atoms with van der Waals surface area (Å²) in [5.41, 5.74) is 1.59. The van der Waals surface area contributed by atoms with Gasteiger partial charge in [0.2, 0.25) is 0 Å². The van der Waals surface area contributed by atoms with E-state index in [1.165, 1.54) is 5.56 Å². The first kappa shape index (κ1) is 11.6. The maximum Gasteiger partial charge on any atom is 0.118 e. The first-order valence-electron chi connectivity index (χ1n) is 4.80. The van der Waals surface area contributed by atoms with Gasteiger partial charge in [0.15, 0.2) is 0 Å². The standard InChI is InChI=1S/C12H17BrO/c1-12(2,8-9-13)10-4-6-11(14-3)7-5-10/h4-7H,8-9H2,1-3H3. The molecular weight excluding hydrogens is 240 g/mol. The van der Waals surface area contributed by atoms with Gasteiger partial charge < -0.3 is 4.74 Å². The number of halogens is 1. The Kier molecular flexibility index (Phi) is 3.99. The van der Waals surface area contributed by atoms with Crippen LogP contribution < -0.4 is 4.74 Å². The summed E-state index contributed by atoms with van der Waals surface area (Å²) in [7, 11) is 1.69. The van der Waals surface area contributed by atoms with E-state index in [2.05, 4.69) is 41.9 Å². The third kappa shape index (κ3) is 2.74. The molecule has 1 aromatic rings. The highest BCUT2D eigenvalue weighted by Crippen LogP contribution is 2.28. The highest BCUT2D eigenvalue weighted by Gasteiger charge is 2.19. The minimum atomic E-state index is 0.232. The Morgan fingerprint density at radius 3 is 2.21 bits per heavy atom. The normalized spacial score (nSPS) is 11.4. The maximum atomic E-state index is 5.13. The van der Waals surface area contributed by atoms with Gasteiger partial charge in [-0.05, 0) is 29.5 Å². The average molecular weight is 257 g/mol. The van der Waals surface area contributed by atoms with Crippen LogP contribution in [-0.4, -0.2) is 12.4 Å². The third-order valence-electron chi connectivity index (χ3n) is 2.59. The first-order valence-corrected chi connectivity index (χ1v) is 5.93. The van der Waals surface area contributed by atoms with E-state index in [-0.39, 0.29) is 5.41 Å². The van der Waals surface area contributed by atoms with Crippen molar-refractivity contribution in [1.29, 1.82) is 0 Å². The van der Waals surface area contributed by atoms with Gasteiger partial charge in [0, 0.05) is 5.33 Å². The van der Waals surface area contributed by atoms with Crippen LogP contribution in [0.2, 0.25) is 0 Å². The van der Waals surface area contributed by atoms with Gasteiger partial charge in [-0.25, -0.2) is 0 Å². The molecule has 0 atom stereocenters. The monoisotopic (exact) mass is 256 g/mol. The molecule has 0 amide bonds. The Morgan fingerprint density at radius 2 is 1.79 bits per heavy atom. The molecule has 0 aliphatic rings. The number of alkyl halides is 1. The van der Waals surface area contributed by atoms with E-state index in [1.807, 2.05) is 12.1 Å². The van der Waals surface area contributed by atoms with E-state index in [1.54, 1.807) is 7.11 Å². The number of methoxy groups -OCH3 is 1. The second-order valence-electron chi connectivity index (χ2n) is 4.05. The highest BCUT2D eigenvalue weighted by molar-refractivity contribution is 9.09. The molecule has 1 nitrogen and oxygen atoms in total. The van der Waals surface area contributed by atoms with Gasteiger partial charge in [0.25, 0.3) is 0 Å². The molecule has 0 saturated heterocycles. The zero-order valence-electron chi connectivity index (χ0n) is 9.01. The van der Waals surface area contributed by atoms with Crippen LogP contribution >= 0.6 is 15.9 Å². The Bertz CT molecular complexity index is 277. The SMILES string of the molecule is COc1ccc(C(C)(C)CCBr)cc1. The molecule has 0 N–H and O–H groups in total. The lowest BCUT2D eigenvalue weighted by atomic mass is 9.82. The topological polar surface area (TPSA) is 9.23 Å². The smallest absolute Gasteiger partial charge is 0.118 e. The number of rotatable bonds is 4. The summed E-state index contributed by atoms with van der Waals surface area (Å²) in [5, 5.41) is 1.03. The van der Waals surface area contributed by atoms with Crippen molar-refractivity contribution in [1.82, 2.24) is 0 Å². The average Bonchev–Trinajstić information content (AvgIpc) is 2.18. The van der Waals surface area contributed by atoms with Crippen LogP contribution in [0.5, 0.6) is 5.75 Å². The van der Waals surface area contributed by atoms with Crippen molar-refractivity contribution in [2.45, 2.75) is 25.7 Å². The fourth-order valence-corrected chi connectivity index (χ4v) is 2.41. The Morgan fingerprint density at radius 1 is 1.21 bits per heavy atom. The van der Waals surface area contributed by atoms with Crippen molar-refractivity contribution in [2.24, 2.45) is 0 Å². The van der Waals surface area contributed by atoms with E-state index in [0.29, 0.717) is 0 Å². The summed E-state index contributed by atoms with van der Waals surface area (Å²) < 4.78 is 5.13. The van der Waals surface area contributed by atoms with E-state index >= 15 is 0 Å². The van der Waals surface area contributed by atoms with Gasteiger partial charge in [-0.3, -0.25) is 0 Å². The van der Waals surface area contributed by atoms with Crippen molar-refractivity contribution in [3.63, 3.8) is 0 Å². The molecule has 0 aliphatic heterocycles. The number of benzene rings is 1. The summed E-state index contributed by atoms with van der Waals surface area (Å²) in [6.07, 6.45) is 1.14. The minimum absolute atomic E-state index is 0.232. The van der Waals surface area contributed by atoms with Gasteiger partial charge in [-0.2, -0.15) is 0 Å². The van der Waals surface area contributed by atoms with E-state index in [0.717, 1.165) is 17.5 Å². The lowest BCUT2D eigenvalue weighted by Gasteiger charge is -2.24. The van der Waals surface area contributed by atoms with Gasteiger partial charge in [0.05, 0.1) is 7.11 Å². The van der Waals surface area contributed by atoms with Crippen LogP contribution in [0, 0.1) is 0 Å². The molecule has 0 saturated carbocycles. The predicted octanol–water partition coefficient (Wildman–Crippen LogP) is 3.76.